The number of nitrogens with zero attached hydrogens (tertiary/aromatic N) is 2. The summed E-state index contributed by atoms with van der Waals surface area (Å²) in [5.41, 5.74) is 7.92. The Kier molecular flexibility index (Phi) is 2.74. The first-order valence-corrected chi connectivity index (χ1v) is 6.81. The molecule has 0 bridgehead atoms. The molecule has 0 aliphatic carbocycles. The third kappa shape index (κ3) is 1.80. The molecule has 0 aliphatic heterocycles. The van der Waals surface area contributed by atoms with Gasteiger partial charge < -0.3 is 5.73 Å². The maximum absolute atomic E-state index is 5.77. The van der Waals surface area contributed by atoms with Crippen LogP contribution in [-0.4, -0.2) is 9.38 Å². The van der Waals surface area contributed by atoms with Gasteiger partial charge >= 0.3 is 0 Å². The Morgan fingerprint density at radius 1 is 1.29 bits per heavy atom. The number of nitrogens with two attached hydrogens (primary N) is 1. The minimum Gasteiger partial charge on any atom is -0.325 e. The zero-order chi connectivity index (χ0) is 11.8. The molecule has 3 nitrogen and oxygen atoms in total. The predicted molar refractivity (Wildman–Crippen MR) is 74.1 cm³/mol. The van der Waals surface area contributed by atoms with Gasteiger partial charge in [0.05, 0.1) is 20.4 Å². The molecule has 3 heterocycles. The normalized spacial score (nSPS) is 11.2. The number of pyridine rings is 1. The fourth-order valence-electron chi connectivity index (χ4n) is 1.88. The van der Waals surface area contributed by atoms with Crippen molar-refractivity contribution in [2.75, 3.05) is 0 Å². The smallest absolute Gasteiger partial charge is 0.154 e. The monoisotopic (exact) mass is 307 g/mol. The Morgan fingerprint density at radius 3 is 2.88 bits per heavy atom. The molecule has 0 radical (unpaired) electrons. The van der Waals surface area contributed by atoms with Crippen molar-refractivity contribution in [3.05, 3.63) is 46.0 Å². The summed E-state index contributed by atoms with van der Waals surface area (Å²) >= 11 is 5.15. The van der Waals surface area contributed by atoms with E-state index in [0.29, 0.717) is 6.54 Å². The average molecular weight is 308 g/mol. The Morgan fingerprint density at radius 2 is 2.18 bits per heavy atom. The lowest BCUT2D eigenvalue weighted by Crippen LogP contribution is -2.04. The Balaban J connectivity index is 2.30. The van der Waals surface area contributed by atoms with E-state index in [1.807, 2.05) is 30.5 Å². The van der Waals surface area contributed by atoms with Gasteiger partial charge in [0, 0.05) is 12.2 Å². The van der Waals surface area contributed by atoms with E-state index in [0.717, 1.165) is 25.7 Å². The van der Waals surface area contributed by atoms with Gasteiger partial charge in [-0.1, -0.05) is 6.07 Å². The van der Waals surface area contributed by atoms with Crippen LogP contribution in [0.15, 0.2) is 40.3 Å². The van der Waals surface area contributed by atoms with E-state index >= 15 is 0 Å². The van der Waals surface area contributed by atoms with Crippen molar-refractivity contribution < 1.29 is 0 Å². The lowest BCUT2D eigenvalue weighted by Gasteiger charge is -2.05. The third-order valence-corrected chi connectivity index (χ3v) is 4.25. The van der Waals surface area contributed by atoms with Crippen LogP contribution in [-0.2, 0) is 6.54 Å². The number of halogens is 1. The van der Waals surface area contributed by atoms with Crippen LogP contribution in [0.3, 0.4) is 0 Å². The average Bonchev–Trinajstić information content (AvgIpc) is 2.94. The van der Waals surface area contributed by atoms with Crippen molar-refractivity contribution in [1.82, 2.24) is 9.38 Å². The van der Waals surface area contributed by atoms with Gasteiger partial charge in [0.25, 0.3) is 0 Å². The van der Waals surface area contributed by atoms with Crippen LogP contribution >= 0.6 is 27.3 Å². The molecule has 0 atom stereocenters. The van der Waals surface area contributed by atoms with Crippen LogP contribution in [0.4, 0.5) is 0 Å². The summed E-state index contributed by atoms with van der Waals surface area (Å²) in [6.07, 6.45) is 1.88. The molecule has 0 spiro atoms. The van der Waals surface area contributed by atoms with Gasteiger partial charge in [0.15, 0.2) is 5.82 Å². The second-order valence-electron chi connectivity index (χ2n) is 3.67. The summed E-state index contributed by atoms with van der Waals surface area (Å²) in [6.45, 7) is 0.507. The molecule has 0 aromatic carbocycles. The number of hydrogen-bond donors (Lipinski definition) is 1. The maximum atomic E-state index is 5.77. The molecule has 86 valence electrons. The van der Waals surface area contributed by atoms with Crippen LogP contribution in [0.5, 0.6) is 0 Å². The first kappa shape index (κ1) is 11.0. The maximum Gasteiger partial charge on any atom is 0.154 e. The first-order chi connectivity index (χ1) is 8.29. The minimum absolute atomic E-state index is 0.507. The van der Waals surface area contributed by atoms with Crippen LogP contribution in [0.25, 0.3) is 16.2 Å². The van der Waals surface area contributed by atoms with Crippen molar-refractivity contribution in [3.63, 3.8) is 0 Å². The number of imidazole rings is 1. The molecule has 0 fully saturated rings. The molecule has 0 saturated carbocycles. The SMILES string of the molecule is NCc1cccc2cnc(-c3ccc(Br)s3)n12. The highest BCUT2D eigenvalue weighted by Gasteiger charge is 2.10. The summed E-state index contributed by atoms with van der Waals surface area (Å²) in [5, 5.41) is 0. The van der Waals surface area contributed by atoms with E-state index in [1.165, 1.54) is 0 Å². The molecular formula is C12H10BrN3S. The fourth-order valence-corrected chi connectivity index (χ4v) is 3.26. The molecule has 2 N–H and O–H groups in total. The van der Waals surface area contributed by atoms with Crippen molar-refractivity contribution in [3.8, 4) is 10.7 Å². The van der Waals surface area contributed by atoms with E-state index in [4.69, 9.17) is 5.73 Å². The van der Waals surface area contributed by atoms with Gasteiger partial charge in [0.2, 0.25) is 0 Å². The molecule has 0 aliphatic rings. The van der Waals surface area contributed by atoms with E-state index in [2.05, 4.69) is 31.4 Å². The summed E-state index contributed by atoms with van der Waals surface area (Å²) in [4.78, 5) is 5.62. The summed E-state index contributed by atoms with van der Waals surface area (Å²) in [6, 6.07) is 10.2. The highest BCUT2D eigenvalue weighted by molar-refractivity contribution is 9.11. The largest absolute Gasteiger partial charge is 0.325 e. The number of rotatable bonds is 2. The summed E-state index contributed by atoms with van der Waals surface area (Å²) in [7, 11) is 0. The molecule has 3 aromatic heterocycles. The number of thiophene rings is 1. The van der Waals surface area contributed by atoms with Crippen molar-refractivity contribution in [1.29, 1.82) is 0 Å². The highest BCUT2D eigenvalue weighted by atomic mass is 79.9. The fraction of sp³-hybridized carbons (Fsp3) is 0.0833. The Hall–Kier alpha value is -1.17. The molecule has 0 saturated heterocycles. The van der Waals surface area contributed by atoms with E-state index in [-0.39, 0.29) is 0 Å². The third-order valence-electron chi connectivity index (χ3n) is 2.63. The standard InChI is InChI=1S/C12H10BrN3S/c13-11-5-4-10(17-11)12-15-7-9-3-1-2-8(6-14)16(9)12/h1-5,7H,6,14H2. The zero-order valence-electron chi connectivity index (χ0n) is 8.93. The topological polar surface area (TPSA) is 43.3 Å². The molecule has 5 heteroatoms. The minimum atomic E-state index is 0.507. The van der Waals surface area contributed by atoms with Crippen molar-refractivity contribution in [2.45, 2.75) is 6.54 Å². The quantitative estimate of drug-likeness (QED) is 0.789. The first-order valence-electron chi connectivity index (χ1n) is 5.21. The van der Waals surface area contributed by atoms with E-state index in [9.17, 15) is 0 Å². The Bertz CT molecular complexity index is 671. The lowest BCUT2D eigenvalue weighted by molar-refractivity contribution is 0.947. The van der Waals surface area contributed by atoms with Crippen LogP contribution < -0.4 is 5.73 Å². The van der Waals surface area contributed by atoms with Gasteiger partial charge in [-0.15, -0.1) is 11.3 Å². The number of aromatic nitrogens is 2. The van der Waals surface area contributed by atoms with Crippen LogP contribution in [0.2, 0.25) is 0 Å². The molecule has 0 amide bonds. The van der Waals surface area contributed by atoms with Gasteiger partial charge in [-0.25, -0.2) is 4.98 Å². The predicted octanol–water partition coefficient (Wildman–Crippen LogP) is 3.28. The van der Waals surface area contributed by atoms with Gasteiger partial charge in [-0.2, -0.15) is 0 Å². The second-order valence-corrected chi connectivity index (χ2v) is 6.13. The second kappa shape index (κ2) is 4.25. The van der Waals surface area contributed by atoms with E-state index < -0.39 is 0 Å². The lowest BCUT2D eigenvalue weighted by atomic mass is 10.3. The van der Waals surface area contributed by atoms with Gasteiger partial charge in [-0.05, 0) is 40.2 Å². The summed E-state index contributed by atoms with van der Waals surface area (Å²) < 4.78 is 3.22. The summed E-state index contributed by atoms with van der Waals surface area (Å²) in [5.74, 6) is 0.955. The van der Waals surface area contributed by atoms with Crippen LogP contribution in [0, 0.1) is 0 Å². The zero-order valence-corrected chi connectivity index (χ0v) is 11.3. The molecule has 3 rings (SSSR count). The molecular weight excluding hydrogens is 298 g/mol. The Labute approximate surface area is 111 Å². The molecule has 3 aromatic rings. The van der Waals surface area contributed by atoms with Crippen molar-refractivity contribution >= 4 is 32.8 Å². The van der Waals surface area contributed by atoms with Gasteiger partial charge in [-0.3, -0.25) is 4.40 Å². The van der Waals surface area contributed by atoms with E-state index in [1.54, 1.807) is 11.3 Å². The molecule has 0 unspecified atom stereocenters. The highest BCUT2D eigenvalue weighted by Crippen LogP contribution is 2.31. The van der Waals surface area contributed by atoms with Crippen LogP contribution in [0.1, 0.15) is 5.69 Å². The van der Waals surface area contributed by atoms with Gasteiger partial charge in [0.1, 0.15) is 0 Å². The van der Waals surface area contributed by atoms with Crippen molar-refractivity contribution in [2.24, 2.45) is 5.73 Å². The number of fused-ring (bicyclic) bond motifs is 1. The number of hydrogen-bond acceptors (Lipinski definition) is 3. The molecule has 17 heavy (non-hydrogen) atoms.